The second kappa shape index (κ2) is 8.13. The maximum Gasteiger partial charge on any atom is 0.162 e. The average molecular weight is 500 g/mol. The highest BCUT2D eigenvalue weighted by Gasteiger charge is 2.45. The van der Waals surface area contributed by atoms with Crippen molar-refractivity contribution in [2.24, 2.45) is 5.41 Å². The first-order valence-electron chi connectivity index (χ1n) is 10.7. The Morgan fingerprint density at radius 3 is 2.55 bits per heavy atom. The molecule has 0 aromatic carbocycles. The first-order valence-corrected chi connectivity index (χ1v) is 11.5. The zero-order valence-corrected chi connectivity index (χ0v) is 20.0. The van der Waals surface area contributed by atoms with E-state index in [1.807, 2.05) is 58.3 Å². The molecule has 5 rings (SSSR count). The summed E-state index contributed by atoms with van der Waals surface area (Å²) in [6.07, 6.45) is 10.1. The summed E-state index contributed by atoms with van der Waals surface area (Å²) in [5.74, 6) is 0.940. The number of allylic oxidation sites excluding steroid dienone is 3. The third-order valence-corrected chi connectivity index (χ3v) is 6.59. The fourth-order valence-electron chi connectivity index (χ4n) is 4.82. The molecule has 7 heteroatoms. The van der Waals surface area contributed by atoms with E-state index < -0.39 is 5.92 Å². The predicted octanol–water partition coefficient (Wildman–Crippen LogP) is 5.68. The van der Waals surface area contributed by atoms with Gasteiger partial charge >= 0.3 is 0 Å². The molecule has 0 bridgehead atoms. The van der Waals surface area contributed by atoms with E-state index >= 15 is 0 Å². The van der Waals surface area contributed by atoms with Crippen LogP contribution in [0.2, 0.25) is 0 Å². The minimum absolute atomic E-state index is 0.0662. The van der Waals surface area contributed by atoms with Gasteiger partial charge in [0.15, 0.2) is 5.78 Å². The number of nitrogens with zero attached hydrogens (tertiary/aromatic N) is 5. The number of Topliss-reactive ketones (excluding diaryl/α,β-unsaturated/α-hetero) is 1. The number of carbonyl (C=O) groups is 1. The number of hydrogen-bond acceptors (Lipinski definition) is 5. The molecule has 0 unspecified atom stereocenters. The quantitative estimate of drug-likeness (QED) is 0.463. The van der Waals surface area contributed by atoms with Crippen molar-refractivity contribution in [1.82, 2.24) is 14.5 Å². The van der Waals surface area contributed by atoms with Crippen molar-refractivity contribution < 1.29 is 4.79 Å². The number of rotatable bonds is 3. The summed E-state index contributed by atoms with van der Waals surface area (Å²) in [6, 6.07) is 13.9. The van der Waals surface area contributed by atoms with Gasteiger partial charge in [-0.3, -0.25) is 14.7 Å². The highest BCUT2D eigenvalue weighted by atomic mass is 79.9. The largest absolute Gasteiger partial charge is 0.309 e. The molecule has 0 saturated carbocycles. The van der Waals surface area contributed by atoms with E-state index in [0.717, 1.165) is 15.7 Å². The zero-order chi connectivity index (χ0) is 23.2. The van der Waals surface area contributed by atoms with E-state index in [4.69, 9.17) is 0 Å². The topological polar surface area (TPSA) is 74.8 Å². The van der Waals surface area contributed by atoms with Gasteiger partial charge in [-0.2, -0.15) is 5.26 Å². The van der Waals surface area contributed by atoms with Crippen molar-refractivity contribution in [1.29, 1.82) is 5.26 Å². The lowest BCUT2D eigenvalue weighted by molar-refractivity contribution is -0.118. The van der Waals surface area contributed by atoms with E-state index in [1.54, 1.807) is 18.6 Å². The summed E-state index contributed by atoms with van der Waals surface area (Å²) in [7, 11) is 0. The van der Waals surface area contributed by atoms with Crippen LogP contribution < -0.4 is 4.90 Å². The SMILES string of the molecule is CC1(C)CC(=O)C2=C(C1)N(c1ccc(Br)cn1)C(n1cccc1)=C(C#N)[C@H]2c1cccnc1. The number of hydrogen-bond donors (Lipinski definition) is 0. The molecule has 4 heterocycles. The molecule has 0 radical (unpaired) electrons. The minimum Gasteiger partial charge on any atom is -0.309 e. The van der Waals surface area contributed by atoms with Crippen LogP contribution in [-0.4, -0.2) is 20.3 Å². The van der Waals surface area contributed by atoms with Crippen molar-refractivity contribution in [3.05, 3.63) is 94.3 Å². The molecule has 0 spiro atoms. The smallest absolute Gasteiger partial charge is 0.162 e. The highest BCUT2D eigenvalue weighted by molar-refractivity contribution is 9.10. The molecule has 0 saturated heterocycles. The van der Waals surface area contributed by atoms with Crippen LogP contribution in [0.15, 0.2) is 88.7 Å². The Hall–Kier alpha value is -3.50. The molecule has 3 aromatic rings. The van der Waals surface area contributed by atoms with Gasteiger partial charge in [0.1, 0.15) is 11.6 Å². The van der Waals surface area contributed by atoms with E-state index in [9.17, 15) is 10.1 Å². The molecule has 0 fully saturated rings. The number of pyridine rings is 2. The first-order chi connectivity index (χ1) is 15.9. The van der Waals surface area contributed by atoms with Gasteiger partial charge < -0.3 is 4.57 Å². The Kier molecular flexibility index (Phi) is 5.26. The van der Waals surface area contributed by atoms with Gasteiger partial charge in [0.25, 0.3) is 0 Å². The Morgan fingerprint density at radius 1 is 1.12 bits per heavy atom. The van der Waals surface area contributed by atoms with E-state index in [1.165, 1.54) is 0 Å². The van der Waals surface area contributed by atoms with Gasteiger partial charge in [0.2, 0.25) is 0 Å². The number of aromatic nitrogens is 3. The molecular formula is C26H22BrN5O. The number of carbonyl (C=O) groups excluding carboxylic acids is 1. The Bertz CT molecular complexity index is 1320. The summed E-state index contributed by atoms with van der Waals surface area (Å²) >= 11 is 3.46. The van der Waals surface area contributed by atoms with Crippen molar-refractivity contribution in [3.63, 3.8) is 0 Å². The van der Waals surface area contributed by atoms with E-state index in [2.05, 4.69) is 45.8 Å². The Balaban J connectivity index is 1.86. The number of anilines is 1. The molecule has 3 aromatic heterocycles. The lowest BCUT2D eigenvalue weighted by atomic mass is 9.68. The molecule has 33 heavy (non-hydrogen) atoms. The van der Waals surface area contributed by atoms with E-state index in [-0.39, 0.29) is 11.2 Å². The lowest BCUT2D eigenvalue weighted by Gasteiger charge is -2.44. The van der Waals surface area contributed by atoms with Gasteiger partial charge in [0, 0.05) is 53.1 Å². The maximum absolute atomic E-state index is 13.6. The summed E-state index contributed by atoms with van der Waals surface area (Å²) in [5.41, 5.74) is 2.68. The summed E-state index contributed by atoms with van der Waals surface area (Å²) in [4.78, 5) is 24.6. The molecule has 1 aliphatic heterocycles. The predicted molar refractivity (Wildman–Crippen MR) is 130 cm³/mol. The van der Waals surface area contributed by atoms with E-state index in [0.29, 0.717) is 35.6 Å². The van der Waals surface area contributed by atoms with Crippen LogP contribution in [-0.2, 0) is 4.79 Å². The van der Waals surface area contributed by atoms with Gasteiger partial charge in [-0.15, -0.1) is 0 Å². The van der Waals surface area contributed by atoms with Gasteiger partial charge in [-0.1, -0.05) is 19.9 Å². The van der Waals surface area contributed by atoms with Crippen LogP contribution in [0.3, 0.4) is 0 Å². The standard InChI is InChI=1S/C26H22BrN5O/c1-26(2)12-20-24(21(33)13-26)23(17-6-5-9-29-15-17)19(14-28)25(31-10-3-4-11-31)32(20)22-8-7-18(27)16-30-22/h3-11,15-16,23H,12-13H2,1-2H3/t23-/m1/s1. The summed E-state index contributed by atoms with van der Waals surface area (Å²) in [6.45, 7) is 4.22. The number of halogens is 1. The maximum atomic E-state index is 13.6. The third kappa shape index (κ3) is 3.70. The molecule has 0 amide bonds. The van der Waals surface area contributed by atoms with Crippen molar-refractivity contribution in [2.45, 2.75) is 32.6 Å². The van der Waals surface area contributed by atoms with Crippen molar-refractivity contribution in [2.75, 3.05) is 4.90 Å². The number of ketones is 1. The fourth-order valence-corrected chi connectivity index (χ4v) is 5.06. The fraction of sp³-hybridized carbons (Fsp3) is 0.231. The van der Waals surface area contributed by atoms with Gasteiger partial charge in [-0.25, -0.2) is 4.98 Å². The van der Waals surface area contributed by atoms with Gasteiger partial charge in [0.05, 0.1) is 17.6 Å². The number of nitriles is 1. The summed E-state index contributed by atoms with van der Waals surface area (Å²) in [5, 5.41) is 10.4. The molecule has 1 aliphatic carbocycles. The average Bonchev–Trinajstić information content (AvgIpc) is 3.33. The molecule has 2 aliphatic rings. The highest BCUT2D eigenvalue weighted by Crippen LogP contribution is 2.51. The van der Waals surface area contributed by atoms with Crippen molar-refractivity contribution in [3.8, 4) is 6.07 Å². The van der Waals surface area contributed by atoms with Crippen molar-refractivity contribution >= 4 is 33.4 Å². The second-order valence-electron chi connectivity index (χ2n) is 9.13. The molecule has 6 nitrogen and oxygen atoms in total. The molecule has 1 atom stereocenters. The zero-order valence-electron chi connectivity index (χ0n) is 18.4. The van der Waals surface area contributed by atoms with Crippen LogP contribution in [0.5, 0.6) is 0 Å². The molecular weight excluding hydrogens is 478 g/mol. The van der Waals surface area contributed by atoms with Crippen LogP contribution >= 0.6 is 15.9 Å². The Morgan fingerprint density at radius 2 is 1.91 bits per heavy atom. The second-order valence-corrected chi connectivity index (χ2v) is 10.0. The van der Waals surface area contributed by atoms with Crippen LogP contribution in [0, 0.1) is 16.7 Å². The Labute approximate surface area is 201 Å². The van der Waals surface area contributed by atoms with Crippen LogP contribution in [0.1, 0.15) is 38.2 Å². The minimum atomic E-state index is -0.480. The monoisotopic (exact) mass is 499 g/mol. The first kappa shape index (κ1) is 21.4. The lowest BCUT2D eigenvalue weighted by Crippen LogP contribution is -2.40. The summed E-state index contributed by atoms with van der Waals surface area (Å²) < 4.78 is 2.79. The third-order valence-electron chi connectivity index (χ3n) is 6.12. The van der Waals surface area contributed by atoms with Crippen LogP contribution in [0.4, 0.5) is 5.82 Å². The van der Waals surface area contributed by atoms with Crippen LogP contribution in [0.25, 0.3) is 5.82 Å². The molecule has 0 N–H and O–H groups in total. The van der Waals surface area contributed by atoms with Gasteiger partial charge in [-0.05, 0) is 63.7 Å². The normalized spacial score (nSPS) is 20.0. The molecule has 164 valence electrons.